The van der Waals surface area contributed by atoms with Crippen molar-refractivity contribution in [3.05, 3.63) is 56.5 Å². The molecule has 6 heteroatoms. The van der Waals surface area contributed by atoms with Crippen molar-refractivity contribution in [1.82, 2.24) is 0 Å². The van der Waals surface area contributed by atoms with E-state index in [0.29, 0.717) is 15.5 Å². The predicted molar refractivity (Wildman–Crippen MR) is 77.2 cm³/mol. The lowest BCUT2D eigenvalue weighted by Gasteiger charge is -2.09. The largest absolute Gasteiger partial charge is 0.506 e. The molecule has 0 unspecified atom stereocenters. The van der Waals surface area contributed by atoms with E-state index in [9.17, 15) is 13.9 Å². The Morgan fingerprint density at radius 3 is 2.26 bits per heavy atom. The summed E-state index contributed by atoms with van der Waals surface area (Å²) in [5, 5.41) is 12.4. The molecule has 0 saturated heterocycles. The highest BCUT2D eigenvalue weighted by Gasteiger charge is 2.07. The average Bonchev–Trinajstić information content (AvgIpc) is 2.34. The van der Waals surface area contributed by atoms with Crippen LogP contribution in [0.5, 0.6) is 5.75 Å². The zero-order valence-corrected chi connectivity index (χ0v) is 12.7. The Balaban J connectivity index is 2.14. The second kappa shape index (κ2) is 5.88. The summed E-state index contributed by atoms with van der Waals surface area (Å²) < 4.78 is 27.2. The molecule has 0 saturated carbocycles. The van der Waals surface area contributed by atoms with Crippen molar-refractivity contribution in [3.8, 4) is 5.75 Å². The number of aromatic hydroxyl groups is 1. The van der Waals surface area contributed by atoms with Gasteiger partial charge in [-0.05, 0) is 61.7 Å². The second-order valence-corrected chi connectivity index (χ2v) is 5.59. The normalized spacial score (nSPS) is 10.5. The van der Waals surface area contributed by atoms with Crippen LogP contribution in [0.2, 0.25) is 0 Å². The minimum atomic E-state index is -0.642. The van der Waals surface area contributed by atoms with Crippen molar-refractivity contribution in [1.29, 1.82) is 0 Å². The van der Waals surface area contributed by atoms with Gasteiger partial charge in [0.1, 0.15) is 17.4 Å². The molecule has 0 aliphatic rings. The lowest BCUT2D eigenvalue weighted by Crippen LogP contribution is -2.02. The molecular weight excluding hydrogens is 384 g/mol. The number of nitrogens with one attached hydrogen (secondary N) is 1. The summed E-state index contributed by atoms with van der Waals surface area (Å²) in [5.74, 6) is -1.15. The maximum atomic E-state index is 13.4. The highest BCUT2D eigenvalue weighted by atomic mass is 79.9. The van der Waals surface area contributed by atoms with Gasteiger partial charge < -0.3 is 10.4 Å². The molecule has 0 radical (unpaired) electrons. The average molecular weight is 393 g/mol. The second-order valence-electron chi connectivity index (χ2n) is 3.89. The van der Waals surface area contributed by atoms with Crippen LogP contribution in [0.25, 0.3) is 0 Å². The van der Waals surface area contributed by atoms with Crippen LogP contribution in [0, 0.1) is 11.6 Å². The smallest absolute Gasteiger partial charge is 0.149 e. The summed E-state index contributed by atoms with van der Waals surface area (Å²) in [5.41, 5.74) is 1.06. The number of anilines is 1. The fourth-order valence-electron chi connectivity index (χ4n) is 1.55. The number of hydrogen-bond acceptors (Lipinski definition) is 2. The van der Waals surface area contributed by atoms with Crippen LogP contribution in [0.1, 0.15) is 5.56 Å². The molecule has 100 valence electrons. The van der Waals surface area contributed by atoms with Crippen LogP contribution in [-0.2, 0) is 6.54 Å². The molecule has 0 aromatic heterocycles. The third-order valence-corrected chi connectivity index (χ3v) is 3.70. The standard InChI is InChI=1S/C13H9Br2F2NO/c14-9-3-7(4-10(15)13(9)19)6-18-12-2-1-8(16)5-11(12)17/h1-5,18-19H,6H2. The van der Waals surface area contributed by atoms with Gasteiger partial charge >= 0.3 is 0 Å². The van der Waals surface area contributed by atoms with Crippen LogP contribution in [0.4, 0.5) is 14.5 Å². The zero-order chi connectivity index (χ0) is 14.0. The van der Waals surface area contributed by atoms with Gasteiger partial charge in [0.05, 0.1) is 14.6 Å². The fraction of sp³-hybridized carbons (Fsp3) is 0.0769. The molecule has 2 nitrogen and oxygen atoms in total. The first-order valence-corrected chi connectivity index (χ1v) is 6.92. The van der Waals surface area contributed by atoms with E-state index in [2.05, 4.69) is 37.2 Å². The van der Waals surface area contributed by atoms with Crippen molar-refractivity contribution in [2.75, 3.05) is 5.32 Å². The molecule has 0 amide bonds. The molecule has 0 heterocycles. The van der Waals surface area contributed by atoms with Crippen molar-refractivity contribution in [2.45, 2.75) is 6.54 Å². The Kier molecular flexibility index (Phi) is 4.42. The van der Waals surface area contributed by atoms with Gasteiger partial charge in [0, 0.05) is 12.6 Å². The molecule has 0 aliphatic heterocycles. The number of phenolic OH excluding ortho intramolecular Hbond substituents is 1. The predicted octanol–water partition coefficient (Wildman–Crippen LogP) is 4.81. The molecule has 19 heavy (non-hydrogen) atoms. The van der Waals surface area contributed by atoms with E-state index in [1.165, 1.54) is 12.1 Å². The van der Waals surface area contributed by atoms with Gasteiger partial charge in [0.15, 0.2) is 0 Å². The van der Waals surface area contributed by atoms with Gasteiger partial charge in [-0.15, -0.1) is 0 Å². The quantitative estimate of drug-likeness (QED) is 0.785. The topological polar surface area (TPSA) is 32.3 Å². The number of benzene rings is 2. The van der Waals surface area contributed by atoms with E-state index in [0.717, 1.165) is 11.6 Å². The molecule has 0 atom stereocenters. The first-order valence-electron chi connectivity index (χ1n) is 5.33. The summed E-state index contributed by atoms with van der Waals surface area (Å²) >= 11 is 6.43. The molecule has 2 aromatic rings. The van der Waals surface area contributed by atoms with Gasteiger partial charge in [-0.2, -0.15) is 0 Å². The Bertz CT molecular complexity index is 597. The summed E-state index contributed by atoms with van der Waals surface area (Å²) in [4.78, 5) is 0. The SMILES string of the molecule is Oc1c(Br)cc(CNc2ccc(F)cc2F)cc1Br. The lowest BCUT2D eigenvalue weighted by atomic mass is 10.2. The summed E-state index contributed by atoms with van der Waals surface area (Å²) in [6, 6.07) is 6.79. The number of hydrogen-bond donors (Lipinski definition) is 2. The zero-order valence-electron chi connectivity index (χ0n) is 9.55. The molecule has 0 fully saturated rings. The number of halogens is 4. The number of phenols is 1. The fourth-order valence-corrected chi connectivity index (χ4v) is 2.83. The van der Waals surface area contributed by atoms with E-state index in [-0.39, 0.29) is 11.4 Å². The van der Waals surface area contributed by atoms with Crippen molar-refractivity contribution in [2.24, 2.45) is 0 Å². The number of rotatable bonds is 3. The summed E-state index contributed by atoms with van der Waals surface area (Å²) in [7, 11) is 0. The highest BCUT2D eigenvalue weighted by molar-refractivity contribution is 9.11. The minimum Gasteiger partial charge on any atom is -0.506 e. The summed E-state index contributed by atoms with van der Waals surface area (Å²) in [6.07, 6.45) is 0. The molecule has 2 N–H and O–H groups in total. The van der Waals surface area contributed by atoms with Crippen molar-refractivity contribution >= 4 is 37.5 Å². The van der Waals surface area contributed by atoms with Crippen LogP contribution < -0.4 is 5.32 Å². The highest BCUT2D eigenvalue weighted by Crippen LogP contribution is 2.33. The molecular formula is C13H9Br2F2NO. The van der Waals surface area contributed by atoms with Gasteiger partial charge in [0.25, 0.3) is 0 Å². The van der Waals surface area contributed by atoms with E-state index in [4.69, 9.17) is 0 Å². The first kappa shape index (κ1) is 14.3. The lowest BCUT2D eigenvalue weighted by molar-refractivity contribution is 0.468. The Morgan fingerprint density at radius 2 is 1.68 bits per heavy atom. The molecule has 2 rings (SSSR count). The Morgan fingerprint density at radius 1 is 1.05 bits per heavy atom. The molecule has 0 aliphatic carbocycles. The van der Waals surface area contributed by atoms with E-state index >= 15 is 0 Å². The van der Waals surface area contributed by atoms with Crippen molar-refractivity contribution < 1.29 is 13.9 Å². The monoisotopic (exact) mass is 391 g/mol. The third kappa shape index (κ3) is 3.45. The maximum absolute atomic E-state index is 13.4. The minimum absolute atomic E-state index is 0.108. The van der Waals surface area contributed by atoms with E-state index in [1.54, 1.807) is 12.1 Å². The third-order valence-electron chi connectivity index (χ3n) is 2.49. The van der Waals surface area contributed by atoms with Gasteiger partial charge in [-0.3, -0.25) is 0 Å². The molecule has 0 bridgehead atoms. The Labute approximate surface area is 125 Å². The van der Waals surface area contributed by atoms with Gasteiger partial charge in [0.2, 0.25) is 0 Å². The molecule has 0 spiro atoms. The van der Waals surface area contributed by atoms with Crippen LogP contribution in [0.15, 0.2) is 39.3 Å². The van der Waals surface area contributed by atoms with Crippen LogP contribution >= 0.6 is 31.9 Å². The van der Waals surface area contributed by atoms with Crippen LogP contribution in [-0.4, -0.2) is 5.11 Å². The van der Waals surface area contributed by atoms with E-state index < -0.39 is 11.6 Å². The van der Waals surface area contributed by atoms with Gasteiger partial charge in [-0.1, -0.05) is 0 Å². The summed E-state index contributed by atoms with van der Waals surface area (Å²) in [6.45, 7) is 0.347. The van der Waals surface area contributed by atoms with Gasteiger partial charge in [-0.25, -0.2) is 8.78 Å². The van der Waals surface area contributed by atoms with Crippen molar-refractivity contribution in [3.63, 3.8) is 0 Å². The molecule has 2 aromatic carbocycles. The van der Waals surface area contributed by atoms with Crippen LogP contribution in [0.3, 0.4) is 0 Å². The maximum Gasteiger partial charge on any atom is 0.149 e. The van der Waals surface area contributed by atoms with E-state index in [1.807, 2.05) is 0 Å². The first-order chi connectivity index (χ1) is 8.97. The Hall–Kier alpha value is -1.14.